The van der Waals surface area contributed by atoms with Crippen LogP contribution in [0.3, 0.4) is 0 Å². The largest absolute Gasteiger partial charge is 0.370 e. The normalized spacial score (nSPS) is 16.2. The first-order valence-corrected chi connectivity index (χ1v) is 5.39. The summed E-state index contributed by atoms with van der Waals surface area (Å²) in [7, 11) is 0. The van der Waals surface area contributed by atoms with Gasteiger partial charge in [-0.3, -0.25) is 0 Å². The predicted molar refractivity (Wildman–Crippen MR) is 59.8 cm³/mol. The van der Waals surface area contributed by atoms with Crippen molar-refractivity contribution < 1.29 is 19.1 Å². The minimum Gasteiger partial charge on any atom is -0.370 e. The van der Waals surface area contributed by atoms with Crippen LogP contribution in [0.25, 0.3) is 0 Å². The lowest BCUT2D eigenvalue weighted by atomic mass is 10.4. The molecule has 0 atom stereocenters. The van der Waals surface area contributed by atoms with Crippen molar-refractivity contribution in [1.29, 1.82) is 0 Å². The smallest absolute Gasteiger partial charge is 0.149 e. The summed E-state index contributed by atoms with van der Waals surface area (Å²) in [4.78, 5) is 1.47. The molecule has 0 radical (unpaired) electrons. The molecule has 0 unspecified atom stereocenters. The van der Waals surface area contributed by atoms with Crippen LogP contribution in [0.5, 0.6) is 0 Å². The molecular formula is C12H18NO3+. The number of rotatable bonds is 5. The third kappa shape index (κ3) is 6.44. The van der Waals surface area contributed by atoms with Crippen molar-refractivity contribution in [2.45, 2.75) is 0 Å². The van der Waals surface area contributed by atoms with Gasteiger partial charge in [0, 0.05) is 0 Å². The first-order chi connectivity index (χ1) is 7.93. The quantitative estimate of drug-likeness (QED) is 0.351. The van der Waals surface area contributed by atoms with E-state index in [4.69, 9.17) is 20.6 Å². The van der Waals surface area contributed by atoms with Gasteiger partial charge in [0.2, 0.25) is 0 Å². The highest BCUT2D eigenvalue weighted by molar-refractivity contribution is 4.98. The molecule has 16 heavy (non-hydrogen) atoms. The number of ether oxygens (including phenoxy) is 3. The van der Waals surface area contributed by atoms with Gasteiger partial charge >= 0.3 is 0 Å². The fraction of sp³-hybridized carbons (Fsp3) is 0.667. The summed E-state index contributed by atoms with van der Waals surface area (Å²) in [5.74, 6) is 8.39. The minimum atomic E-state index is 0.212. The maximum absolute atomic E-state index is 5.26. The van der Waals surface area contributed by atoms with E-state index in [9.17, 15) is 0 Å². The number of quaternary nitrogens is 1. The molecule has 0 amide bonds. The van der Waals surface area contributed by atoms with E-state index >= 15 is 0 Å². The Balaban J connectivity index is 1.94. The van der Waals surface area contributed by atoms with Gasteiger partial charge in [0.05, 0.1) is 13.2 Å². The Morgan fingerprint density at radius 1 is 1.12 bits per heavy atom. The maximum atomic E-state index is 5.26. The molecule has 1 rings (SSSR count). The van der Waals surface area contributed by atoms with E-state index in [1.807, 2.05) is 0 Å². The van der Waals surface area contributed by atoms with Gasteiger partial charge in [-0.15, -0.1) is 6.42 Å². The second-order valence-electron chi connectivity index (χ2n) is 3.41. The zero-order chi connectivity index (χ0) is 11.5. The molecule has 1 fully saturated rings. The summed E-state index contributed by atoms with van der Waals surface area (Å²) < 4.78 is 15.3. The fourth-order valence-electron chi connectivity index (χ4n) is 1.33. The molecule has 0 aromatic rings. The Hall–Kier alpha value is -1.04. The highest BCUT2D eigenvalue weighted by Crippen LogP contribution is 1.76. The number of nitrogens with one attached hydrogen (secondary N) is 1. The van der Waals surface area contributed by atoms with Crippen LogP contribution in [0.4, 0.5) is 0 Å². The Morgan fingerprint density at radius 3 is 2.62 bits per heavy atom. The molecule has 4 nitrogen and oxygen atoms in total. The summed E-state index contributed by atoms with van der Waals surface area (Å²) in [6.07, 6.45) is 5.00. The molecule has 1 N–H and O–H groups in total. The predicted octanol–water partition coefficient (Wildman–Crippen LogP) is -1.47. The van der Waals surface area contributed by atoms with Gasteiger partial charge in [-0.2, -0.15) is 0 Å². The molecule has 1 heterocycles. The summed E-state index contributed by atoms with van der Waals surface area (Å²) in [5, 5.41) is 0. The zero-order valence-corrected chi connectivity index (χ0v) is 9.46. The molecular weight excluding hydrogens is 206 g/mol. The summed E-state index contributed by atoms with van der Waals surface area (Å²) in [6, 6.07) is 0. The van der Waals surface area contributed by atoms with E-state index < -0.39 is 0 Å². The van der Waals surface area contributed by atoms with E-state index in [1.165, 1.54) is 4.90 Å². The number of hydrogen-bond acceptors (Lipinski definition) is 3. The average molecular weight is 224 g/mol. The van der Waals surface area contributed by atoms with Gasteiger partial charge in [-0.25, -0.2) is 0 Å². The van der Waals surface area contributed by atoms with Crippen LogP contribution in [0.15, 0.2) is 0 Å². The highest BCUT2D eigenvalue weighted by atomic mass is 16.7. The monoisotopic (exact) mass is 224 g/mol. The van der Waals surface area contributed by atoms with Crippen LogP contribution in [0.1, 0.15) is 0 Å². The lowest BCUT2D eigenvalue weighted by molar-refractivity contribution is -0.900. The van der Waals surface area contributed by atoms with Crippen molar-refractivity contribution in [3.8, 4) is 24.2 Å². The van der Waals surface area contributed by atoms with Crippen LogP contribution < -0.4 is 4.90 Å². The second-order valence-corrected chi connectivity index (χ2v) is 3.41. The topological polar surface area (TPSA) is 32.1 Å². The molecule has 1 saturated heterocycles. The van der Waals surface area contributed by atoms with Crippen LogP contribution >= 0.6 is 0 Å². The molecule has 1 aliphatic heterocycles. The minimum absolute atomic E-state index is 0.212. The van der Waals surface area contributed by atoms with Gasteiger partial charge in [0.15, 0.2) is 0 Å². The van der Waals surface area contributed by atoms with Gasteiger partial charge in [-0.05, 0) is 5.92 Å². The van der Waals surface area contributed by atoms with Crippen molar-refractivity contribution >= 4 is 0 Å². The Morgan fingerprint density at radius 2 is 1.88 bits per heavy atom. The Labute approximate surface area is 96.8 Å². The van der Waals surface area contributed by atoms with Crippen molar-refractivity contribution in [2.75, 3.05) is 52.9 Å². The lowest BCUT2D eigenvalue weighted by Crippen LogP contribution is -3.14. The number of morpholine rings is 1. The first-order valence-electron chi connectivity index (χ1n) is 5.39. The Kier molecular flexibility index (Phi) is 7.49. The van der Waals surface area contributed by atoms with Crippen LogP contribution in [0.2, 0.25) is 0 Å². The Bertz CT molecular complexity index is 268. The van der Waals surface area contributed by atoms with Crippen LogP contribution in [-0.2, 0) is 14.2 Å². The number of hydrogen-bond donors (Lipinski definition) is 1. The highest BCUT2D eigenvalue weighted by Gasteiger charge is 2.10. The van der Waals surface area contributed by atoms with E-state index in [1.54, 1.807) is 0 Å². The lowest BCUT2D eigenvalue weighted by Gasteiger charge is -2.21. The van der Waals surface area contributed by atoms with Crippen molar-refractivity contribution in [3.63, 3.8) is 0 Å². The first kappa shape index (κ1) is 13.0. The summed E-state index contributed by atoms with van der Waals surface area (Å²) >= 11 is 0. The van der Waals surface area contributed by atoms with E-state index in [-0.39, 0.29) is 13.4 Å². The molecule has 0 saturated carbocycles. The summed E-state index contributed by atoms with van der Waals surface area (Å²) in [6.45, 7) is 5.52. The third-order valence-electron chi connectivity index (χ3n) is 2.19. The van der Waals surface area contributed by atoms with Crippen molar-refractivity contribution in [1.82, 2.24) is 0 Å². The molecule has 0 spiro atoms. The van der Waals surface area contributed by atoms with E-state index in [2.05, 4.69) is 17.8 Å². The molecule has 0 bridgehead atoms. The molecule has 4 heteroatoms. The molecule has 0 aromatic heterocycles. The molecule has 1 aliphatic rings. The number of terminal acetylenes is 1. The van der Waals surface area contributed by atoms with Crippen molar-refractivity contribution in [3.05, 3.63) is 0 Å². The van der Waals surface area contributed by atoms with Crippen LogP contribution in [-0.4, -0.2) is 52.9 Å². The zero-order valence-electron chi connectivity index (χ0n) is 9.46. The third-order valence-corrected chi connectivity index (χ3v) is 2.19. The van der Waals surface area contributed by atoms with Crippen LogP contribution in [0, 0.1) is 24.2 Å². The van der Waals surface area contributed by atoms with E-state index in [0.717, 1.165) is 32.8 Å². The van der Waals surface area contributed by atoms with Gasteiger partial charge in [0.1, 0.15) is 39.6 Å². The standard InChI is InChI=1S/C12H17NO3/c1-2-8-15-12-16-9-4-3-5-13-6-10-14-11-7-13/h1H,5-12H2/p+1. The molecule has 0 aliphatic carbocycles. The van der Waals surface area contributed by atoms with E-state index in [0.29, 0.717) is 6.61 Å². The van der Waals surface area contributed by atoms with Gasteiger partial charge in [0.25, 0.3) is 0 Å². The van der Waals surface area contributed by atoms with Gasteiger partial charge in [-0.1, -0.05) is 11.8 Å². The maximum Gasteiger partial charge on any atom is 0.149 e. The molecule has 0 aromatic carbocycles. The molecule has 88 valence electrons. The average Bonchev–Trinajstić information content (AvgIpc) is 2.34. The van der Waals surface area contributed by atoms with Crippen molar-refractivity contribution in [2.24, 2.45) is 0 Å². The SMILES string of the molecule is C#CCOCOCC#CC[NH+]1CCOCC1. The van der Waals surface area contributed by atoms with Gasteiger partial charge < -0.3 is 19.1 Å². The summed E-state index contributed by atoms with van der Waals surface area (Å²) in [5.41, 5.74) is 0. The second kappa shape index (κ2) is 9.21. The fourth-order valence-corrected chi connectivity index (χ4v) is 1.33.